The van der Waals surface area contributed by atoms with Gasteiger partial charge >= 0.3 is 12.0 Å². The molecule has 8 heteroatoms. The molecule has 0 unspecified atom stereocenters. The predicted molar refractivity (Wildman–Crippen MR) is 101 cm³/mol. The Bertz CT molecular complexity index is 897. The van der Waals surface area contributed by atoms with Gasteiger partial charge < -0.3 is 15.0 Å². The number of para-hydroxylation sites is 1. The number of nitrogens with zero attached hydrogens (tertiary/aromatic N) is 2. The molecule has 4 amide bonds. The molecule has 144 valence electrons. The van der Waals surface area contributed by atoms with E-state index in [1.807, 2.05) is 18.2 Å². The van der Waals surface area contributed by atoms with Crippen LogP contribution in [0.25, 0.3) is 0 Å². The molecule has 0 bridgehead atoms. The van der Waals surface area contributed by atoms with Crippen molar-refractivity contribution in [2.45, 2.75) is 6.54 Å². The second kappa shape index (κ2) is 8.34. The molecule has 2 aromatic carbocycles. The molecule has 1 heterocycles. The number of rotatable bonds is 6. The first-order valence-corrected chi connectivity index (χ1v) is 8.61. The van der Waals surface area contributed by atoms with Crippen molar-refractivity contribution in [2.24, 2.45) is 0 Å². The van der Waals surface area contributed by atoms with Crippen LogP contribution in [0.3, 0.4) is 0 Å². The number of benzene rings is 2. The molecular formula is C20H19N3O5. The van der Waals surface area contributed by atoms with E-state index in [9.17, 15) is 19.2 Å². The zero-order chi connectivity index (χ0) is 20.1. The van der Waals surface area contributed by atoms with Gasteiger partial charge in [0.25, 0.3) is 5.91 Å². The Kier molecular flexibility index (Phi) is 5.69. The summed E-state index contributed by atoms with van der Waals surface area (Å²) in [6, 6.07) is 14.9. The van der Waals surface area contributed by atoms with E-state index in [0.29, 0.717) is 11.3 Å². The van der Waals surface area contributed by atoms with Crippen molar-refractivity contribution in [1.82, 2.24) is 10.2 Å². The summed E-state index contributed by atoms with van der Waals surface area (Å²) in [4.78, 5) is 50.3. The molecule has 1 aliphatic rings. The van der Waals surface area contributed by atoms with Crippen molar-refractivity contribution in [1.29, 1.82) is 0 Å². The zero-order valence-corrected chi connectivity index (χ0v) is 15.3. The number of ether oxygens (including phenoxy) is 1. The fraction of sp³-hybridized carbons (Fsp3) is 0.200. The van der Waals surface area contributed by atoms with Crippen LogP contribution in [0.15, 0.2) is 54.6 Å². The molecule has 3 rings (SSSR count). The summed E-state index contributed by atoms with van der Waals surface area (Å²) in [6.07, 6.45) is 0. The van der Waals surface area contributed by atoms with Crippen LogP contribution in [0.1, 0.15) is 15.9 Å². The van der Waals surface area contributed by atoms with Gasteiger partial charge in [-0.3, -0.25) is 14.5 Å². The van der Waals surface area contributed by atoms with Crippen LogP contribution in [0.5, 0.6) is 0 Å². The normalized spacial score (nSPS) is 13.2. The number of carbonyl (C=O) groups is 4. The number of urea groups is 1. The lowest BCUT2D eigenvalue weighted by atomic mass is 10.1. The smallest absolute Gasteiger partial charge is 0.338 e. The molecule has 0 radical (unpaired) electrons. The van der Waals surface area contributed by atoms with Crippen LogP contribution in [0, 0.1) is 0 Å². The monoisotopic (exact) mass is 381 g/mol. The fourth-order valence-electron chi connectivity index (χ4n) is 2.70. The lowest BCUT2D eigenvalue weighted by Gasteiger charge is -2.17. The molecule has 0 atom stereocenters. The molecule has 1 aliphatic heterocycles. The molecule has 0 aliphatic carbocycles. The van der Waals surface area contributed by atoms with Crippen LogP contribution in [0.4, 0.5) is 10.5 Å². The van der Waals surface area contributed by atoms with Gasteiger partial charge in [0.1, 0.15) is 0 Å². The van der Waals surface area contributed by atoms with E-state index in [1.54, 1.807) is 37.4 Å². The fourth-order valence-corrected chi connectivity index (χ4v) is 2.70. The zero-order valence-electron chi connectivity index (χ0n) is 15.3. The summed E-state index contributed by atoms with van der Waals surface area (Å²) in [6.45, 7) is -0.374. The van der Waals surface area contributed by atoms with Crippen LogP contribution in [-0.4, -0.2) is 48.9 Å². The van der Waals surface area contributed by atoms with Gasteiger partial charge in [0.05, 0.1) is 18.7 Å². The minimum atomic E-state index is -0.658. The average Bonchev–Trinajstić information content (AvgIpc) is 3.04. The first kappa shape index (κ1) is 19.1. The van der Waals surface area contributed by atoms with Gasteiger partial charge in [-0.2, -0.15) is 0 Å². The number of anilines is 1. The van der Waals surface area contributed by atoms with Gasteiger partial charge in [-0.05, 0) is 29.8 Å². The maximum absolute atomic E-state index is 12.3. The Morgan fingerprint density at radius 2 is 1.86 bits per heavy atom. The van der Waals surface area contributed by atoms with Gasteiger partial charge in [-0.1, -0.05) is 30.3 Å². The molecule has 28 heavy (non-hydrogen) atoms. The van der Waals surface area contributed by atoms with Gasteiger partial charge in [0.2, 0.25) is 5.91 Å². The minimum Gasteiger partial charge on any atom is -0.452 e. The molecule has 2 aromatic rings. The number of esters is 1. The van der Waals surface area contributed by atoms with E-state index >= 15 is 0 Å². The number of nitrogens with one attached hydrogen (secondary N) is 1. The molecule has 0 spiro atoms. The third kappa shape index (κ3) is 4.35. The van der Waals surface area contributed by atoms with E-state index in [2.05, 4.69) is 5.32 Å². The van der Waals surface area contributed by atoms with Crippen LogP contribution < -0.4 is 10.2 Å². The number of hydrogen-bond donors (Lipinski definition) is 1. The second-order valence-electron chi connectivity index (χ2n) is 6.20. The van der Waals surface area contributed by atoms with Gasteiger partial charge in [-0.25, -0.2) is 9.59 Å². The molecule has 1 saturated heterocycles. The average molecular weight is 381 g/mol. The molecule has 8 nitrogen and oxygen atoms in total. The maximum Gasteiger partial charge on any atom is 0.338 e. The molecule has 0 aromatic heterocycles. The summed E-state index contributed by atoms with van der Waals surface area (Å²) in [5, 5.41) is 2.44. The highest BCUT2D eigenvalue weighted by Crippen LogP contribution is 2.13. The summed E-state index contributed by atoms with van der Waals surface area (Å²) >= 11 is 0. The Morgan fingerprint density at radius 1 is 1.11 bits per heavy atom. The van der Waals surface area contributed by atoms with Gasteiger partial charge in [-0.15, -0.1) is 0 Å². The minimum absolute atomic E-state index is 0.0301. The Hall–Kier alpha value is -3.68. The molecular weight excluding hydrogens is 362 g/mol. The summed E-state index contributed by atoms with van der Waals surface area (Å²) in [5.74, 6) is -1.35. The number of amides is 4. The third-order valence-corrected chi connectivity index (χ3v) is 4.28. The van der Waals surface area contributed by atoms with Gasteiger partial charge in [0, 0.05) is 12.7 Å². The molecule has 0 saturated carbocycles. The van der Waals surface area contributed by atoms with E-state index in [0.717, 1.165) is 4.90 Å². The molecule has 1 N–H and O–H groups in total. The highest BCUT2D eigenvalue weighted by Gasteiger charge is 2.28. The van der Waals surface area contributed by atoms with Gasteiger partial charge in [0.15, 0.2) is 6.61 Å². The number of hydrogen-bond acceptors (Lipinski definition) is 5. The highest BCUT2D eigenvalue weighted by atomic mass is 16.5. The standard InChI is InChI=1S/C20H19N3O5/c1-22(16-8-3-2-4-9-16)18(25)13-28-19(26)15-7-5-6-14(10-15)12-23-17(24)11-21-20(23)27/h2-10H,11-13H2,1H3,(H,21,27). The van der Waals surface area contributed by atoms with Crippen molar-refractivity contribution in [3.63, 3.8) is 0 Å². The van der Waals surface area contributed by atoms with Crippen LogP contribution in [-0.2, 0) is 20.9 Å². The summed E-state index contributed by atoms with van der Waals surface area (Å²) in [7, 11) is 1.60. The lowest BCUT2D eigenvalue weighted by Crippen LogP contribution is -2.31. The Labute approximate surface area is 161 Å². The maximum atomic E-state index is 12.3. The van der Waals surface area contributed by atoms with E-state index in [1.165, 1.54) is 11.0 Å². The summed E-state index contributed by atoms with van der Waals surface area (Å²) < 4.78 is 5.11. The number of likely N-dealkylation sites (N-methyl/N-ethyl adjacent to an activating group) is 1. The number of imide groups is 1. The van der Waals surface area contributed by atoms with Crippen molar-refractivity contribution < 1.29 is 23.9 Å². The number of carbonyl (C=O) groups excluding carboxylic acids is 4. The third-order valence-electron chi connectivity index (χ3n) is 4.28. The Balaban J connectivity index is 1.59. The Morgan fingerprint density at radius 3 is 2.54 bits per heavy atom. The first-order valence-electron chi connectivity index (χ1n) is 8.61. The van der Waals surface area contributed by atoms with E-state index < -0.39 is 18.6 Å². The van der Waals surface area contributed by atoms with Crippen molar-refractivity contribution >= 4 is 29.5 Å². The lowest BCUT2D eigenvalue weighted by molar-refractivity contribution is -0.125. The van der Waals surface area contributed by atoms with E-state index in [4.69, 9.17) is 4.74 Å². The van der Waals surface area contributed by atoms with Crippen LogP contribution in [0.2, 0.25) is 0 Å². The second-order valence-corrected chi connectivity index (χ2v) is 6.20. The van der Waals surface area contributed by atoms with E-state index in [-0.39, 0.29) is 30.5 Å². The van der Waals surface area contributed by atoms with Crippen molar-refractivity contribution in [2.75, 3.05) is 25.1 Å². The summed E-state index contributed by atoms with van der Waals surface area (Å²) in [5.41, 5.74) is 1.53. The predicted octanol–water partition coefficient (Wildman–Crippen LogP) is 1.56. The quantitative estimate of drug-likeness (QED) is 0.605. The topological polar surface area (TPSA) is 96.0 Å². The molecule has 1 fully saturated rings. The highest BCUT2D eigenvalue weighted by molar-refractivity contribution is 6.02. The SMILES string of the molecule is CN(C(=O)COC(=O)c1cccc(CN2C(=O)CNC2=O)c1)c1ccccc1. The largest absolute Gasteiger partial charge is 0.452 e. The van der Waals surface area contributed by atoms with Crippen LogP contribution >= 0.6 is 0 Å². The van der Waals surface area contributed by atoms with Crippen molar-refractivity contribution in [3.8, 4) is 0 Å². The van der Waals surface area contributed by atoms with Crippen molar-refractivity contribution in [3.05, 3.63) is 65.7 Å². The first-order chi connectivity index (χ1) is 13.5.